The number of hydrogen-bond acceptors (Lipinski definition) is 10. The molecule has 0 radical (unpaired) electrons. The maximum Gasteiger partial charge on any atom is 1.00 e. The van der Waals surface area contributed by atoms with Crippen LogP contribution in [0.15, 0.2) is 70.8 Å². The Bertz CT molecular complexity index is 1170. The van der Waals surface area contributed by atoms with Gasteiger partial charge in [0, 0.05) is 38.2 Å². The van der Waals surface area contributed by atoms with Gasteiger partial charge in [-0.25, -0.2) is 16.8 Å². The van der Waals surface area contributed by atoms with Crippen LogP contribution in [0, 0.1) is 0 Å². The summed E-state index contributed by atoms with van der Waals surface area (Å²) in [5.41, 5.74) is 1.32. The Morgan fingerprint density at radius 3 is 1.50 bits per heavy atom. The standard InChI is InChI=1S/C18H18N4O6S2.2Na/c23-29(24,25)17-4-7-20-15(9-17)12-22(11-14-3-1-2-6-19-14)13-16-10-18(5-8-21-16)30(26,27)28;;/h1-10H,11-13H2,(H,23,24,25)(H,26,27,28);;/q;2*+1/p-2. The van der Waals surface area contributed by atoms with Crippen LogP contribution in [0.2, 0.25) is 0 Å². The Hall–Kier alpha value is -0.770. The average molecular weight is 494 g/mol. The van der Waals surface area contributed by atoms with E-state index < -0.39 is 30.0 Å². The van der Waals surface area contributed by atoms with Crippen molar-refractivity contribution in [3.63, 3.8) is 0 Å². The molecule has 0 spiro atoms. The minimum Gasteiger partial charge on any atom is -0.744 e. The normalized spacial score (nSPS) is 11.5. The zero-order valence-electron chi connectivity index (χ0n) is 17.4. The summed E-state index contributed by atoms with van der Waals surface area (Å²) in [6.07, 6.45) is 4.06. The molecule has 0 amide bonds. The van der Waals surface area contributed by atoms with Gasteiger partial charge in [0.25, 0.3) is 0 Å². The van der Waals surface area contributed by atoms with Crippen LogP contribution in [0.25, 0.3) is 0 Å². The van der Waals surface area contributed by atoms with Crippen LogP contribution >= 0.6 is 0 Å². The molecule has 0 unspecified atom stereocenters. The van der Waals surface area contributed by atoms with Crippen molar-refractivity contribution in [1.29, 1.82) is 0 Å². The predicted molar refractivity (Wildman–Crippen MR) is 102 cm³/mol. The molecule has 0 N–H and O–H groups in total. The third-order valence-corrected chi connectivity index (χ3v) is 5.70. The van der Waals surface area contributed by atoms with Gasteiger partial charge in [-0.3, -0.25) is 19.9 Å². The van der Waals surface area contributed by atoms with Gasteiger partial charge in [-0.2, -0.15) is 0 Å². The first kappa shape index (κ1) is 29.3. The minimum atomic E-state index is -4.64. The van der Waals surface area contributed by atoms with Gasteiger partial charge >= 0.3 is 59.1 Å². The van der Waals surface area contributed by atoms with Crippen LogP contribution in [0.3, 0.4) is 0 Å². The van der Waals surface area contributed by atoms with Crippen LogP contribution in [0.1, 0.15) is 17.1 Å². The first-order valence-corrected chi connectivity index (χ1v) is 11.4. The van der Waals surface area contributed by atoms with Crippen molar-refractivity contribution in [2.75, 3.05) is 0 Å². The summed E-state index contributed by atoms with van der Waals surface area (Å²) in [6.45, 7) is 0.541. The van der Waals surface area contributed by atoms with E-state index in [1.54, 1.807) is 29.3 Å². The molecular weight excluding hydrogens is 478 g/mol. The smallest absolute Gasteiger partial charge is 0.744 e. The summed E-state index contributed by atoms with van der Waals surface area (Å²) < 4.78 is 67.7. The second-order valence-electron chi connectivity index (χ2n) is 6.34. The first-order valence-electron chi connectivity index (χ1n) is 8.55. The van der Waals surface area contributed by atoms with Gasteiger partial charge in [0.1, 0.15) is 20.2 Å². The van der Waals surface area contributed by atoms with Crippen molar-refractivity contribution in [2.24, 2.45) is 0 Å². The van der Waals surface area contributed by atoms with E-state index in [0.717, 1.165) is 12.1 Å². The van der Waals surface area contributed by atoms with E-state index in [1.165, 1.54) is 24.5 Å². The van der Waals surface area contributed by atoms with Gasteiger partial charge in [-0.1, -0.05) is 6.07 Å². The van der Waals surface area contributed by atoms with E-state index in [4.69, 9.17) is 0 Å². The molecule has 0 bridgehead atoms. The van der Waals surface area contributed by atoms with Crippen molar-refractivity contribution >= 4 is 20.2 Å². The van der Waals surface area contributed by atoms with Crippen LogP contribution in [0.4, 0.5) is 0 Å². The molecule has 0 aliphatic rings. The summed E-state index contributed by atoms with van der Waals surface area (Å²) in [5, 5.41) is 0. The van der Waals surface area contributed by atoms with E-state index in [9.17, 15) is 25.9 Å². The molecule has 14 heteroatoms. The number of aromatic nitrogens is 3. The van der Waals surface area contributed by atoms with E-state index in [1.807, 2.05) is 0 Å². The van der Waals surface area contributed by atoms with E-state index in [0.29, 0.717) is 23.6 Å². The van der Waals surface area contributed by atoms with Crippen molar-refractivity contribution in [2.45, 2.75) is 29.4 Å². The molecule has 3 aromatic rings. The van der Waals surface area contributed by atoms with Crippen molar-refractivity contribution in [3.8, 4) is 0 Å². The third kappa shape index (κ3) is 8.88. The van der Waals surface area contributed by atoms with E-state index in [2.05, 4.69) is 15.0 Å². The summed E-state index contributed by atoms with van der Waals surface area (Å²) in [5.74, 6) is 0. The average Bonchev–Trinajstić information content (AvgIpc) is 2.68. The van der Waals surface area contributed by atoms with Crippen molar-refractivity contribution in [3.05, 3.63) is 78.1 Å². The van der Waals surface area contributed by atoms with Gasteiger partial charge in [0.2, 0.25) is 0 Å². The Kier molecular flexibility index (Phi) is 11.5. The van der Waals surface area contributed by atoms with Crippen LogP contribution in [-0.2, 0) is 39.9 Å². The fourth-order valence-corrected chi connectivity index (χ4v) is 3.76. The number of rotatable bonds is 8. The van der Waals surface area contributed by atoms with Crippen molar-refractivity contribution < 1.29 is 85.1 Å². The Labute approximate surface area is 230 Å². The topological polar surface area (TPSA) is 156 Å². The molecule has 10 nitrogen and oxygen atoms in total. The molecule has 0 saturated carbocycles. The molecular formula is C18H16N4Na2O6S2. The van der Waals surface area contributed by atoms with E-state index >= 15 is 0 Å². The van der Waals surface area contributed by atoms with Gasteiger partial charge < -0.3 is 9.11 Å². The van der Waals surface area contributed by atoms with Gasteiger partial charge in [0.15, 0.2) is 0 Å². The number of hydrogen-bond donors (Lipinski definition) is 0. The number of pyridine rings is 3. The SMILES string of the molecule is O=S(=O)([O-])c1ccnc(CN(Cc2ccccn2)Cc2cc(S(=O)(=O)[O-])ccn2)c1.[Na+].[Na+]. The Morgan fingerprint density at radius 2 is 1.09 bits per heavy atom. The van der Waals surface area contributed by atoms with Gasteiger partial charge in [0.05, 0.1) is 26.9 Å². The first-order chi connectivity index (χ1) is 14.1. The molecule has 158 valence electrons. The van der Waals surface area contributed by atoms with Crippen LogP contribution in [-0.4, -0.2) is 45.8 Å². The van der Waals surface area contributed by atoms with Crippen LogP contribution in [0.5, 0.6) is 0 Å². The van der Waals surface area contributed by atoms with Gasteiger partial charge in [-0.05, 0) is 36.4 Å². The molecule has 0 aliphatic carbocycles. The van der Waals surface area contributed by atoms with E-state index in [-0.39, 0.29) is 72.2 Å². The quantitative estimate of drug-likeness (QED) is 0.219. The Balaban J connectivity index is 0.00000256. The fraction of sp³-hybridized carbons (Fsp3) is 0.167. The summed E-state index contributed by atoms with van der Waals surface area (Å²) in [6, 6.07) is 9.91. The Morgan fingerprint density at radius 1 is 0.656 bits per heavy atom. The largest absolute Gasteiger partial charge is 1.00 e. The molecule has 0 aromatic carbocycles. The molecule has 3 heterocycles. The summed E-state index contributed by atoms with van der Waals surface area (Å²) in [4.78, 5) is 13.4. The molecule has 0 atom stereocenters. The summed E-state index contributed by atoms with van der Waals surface area (Å²) in [7, 11) is -9.27. The molecule has 0 aliphatic heterocycles. The van der Waals surface area contributed by atoms with Crippen molar-refractivity contribution in [1.82, 2.24) is 19.9 Å². The third-order valence-electron chi connectivity index (χ3n) is 4.04. The molecule has 32 heavy (non-hydrogen) atoms. The minimum absolute atomic E-state index is 0. The number of nitrogens with zero attached hydrogens (tertiary/aromatic N) is 4. The molecule has 3 rings (SSSR count). The monoisotopic (exact) mass is 494 g/mol. The molecule has 0 saturated heterocycles. The molecule has 0 fully saturated rings. The maximum absolute atomic E-state index is 11.3. The zero-order chi connectivity index (χ0) is 21.8. The predicted octanol–water partition coefficient (Wildman–Crippen LogP) is -5.11. The molecule has 3 aromatic heterocycles. The second kappa shape index (κ2) is 12.6. The van der Waals surface area contributed by atoms with Gasteiger partial charge in [-0.15, -0.1) is 0 Å². The summed E-state index contributed by atoms with van der Waals surface area (Å²) >= 11 is 0. The maximum atomic E-state index is 11.3. The van der Waals surface area contributed by atoms with Crippen LogP contribution < -0.4 is 59.1 Å². The fourth-order valence-electron chi connectivity index (χ4n) is 2.74. The zero-order valence-corrected chi connectivity index (χ0v) is 23.1. The second-order valence-corrected chi connectivity index (χ2v) is 9.10.